The second kappa shape index (κ2) is 4.27. The Morgan fingerprint density at radius 3 is 2.55 bits per heavy atom. The second-order valence-corrected chi connectivity index (χ2v) is 4.88. The molecule has 0 saturated carbocycles. The zero-order valence-corrected chi connectivity index (χ0v) is 11.2. The molecule has 0 saturated heterocycles. The SMILES string of the molecule is N#Cc1cc(N)n(-c2cc3c(cc2Cl)C(F)(F)C(F)(F)O3)n1. The Morgan fingerprint density at radius 2 is 1.95 bits per heavy atom. The zero-order valence-electron chi connectivity index (χ0n) is 10.4. The van der Waals surface area contributed by atoms with Crippen LogP contribution < -0.4 is 10.5 Å². The molecule has 0 amide bonds. The highest BCUT2D eigenvalue weighted by Crippen LogP contribution is 2.54. The average Bonchev–Trinajstić information content (AvgIpc) is 2.87. The molecule has 2 aromatic rings. The molecular weight excluding hydrogens is 328 g/mol. The number of alkyl halides is 4. The van der Waals surface area contributed by atoms with Crippen LogP contribution in [0.2, 0.25) is 5.02 Å². The lowest BCUT2D eigenvalue weighted by Crippen LogP contribution is -2.36. The van der Waals surface area contributed by atoms with Gasteiger partial charge in [0, 0.05) is 12.1 Å². The fourth-order valence-electron chi connectivity index (χ4n) is 2.04. The fraction of sp³-hybridized carbons (Fsp3) is 0.167. The van der Waals surface area contributed by atoms with Gasteiger partial charge >= 0.3 is 12.0 Å². The van der Waals surface area contributed by atoms with E-state index < -0.39 is 23.3 Å². The quantitative estimate of drug-likeness (QED) is 0.814. The third kappa shape index (κ3) is 1.80. The number of nitrogens with zero attached hydrogens (tertiary/aromatic N) is 3. The van der Waals surface area contributed by atoms with E-state index in [0.717, 1.165) is 10.7 Å². The average molecular weight is 333 g/mol. The standard InChI is InChI=1S/C12H5ClF4N4O/c13-7-2-6-9(22-12(16,17)11(6,14)15)3-8(7)21-10(19)1-5(4-18)20-21/h1-3H,19H2. The van der Waals surface area contributed by atoms with Crippen LogP contribution in [0, 0.1) is 11.3 Å². The number of fused-ring (bicyclic) bond motifs is 1. The van der Waals surface area contributed by atoms with Crippen molar-refractivity contribution in [2.45, 2.75) is 12.0 Å². The van der Waals surface area contributed by atoms with Crippen molar-refractivity contribution in [3.05, 3.63) is 34.5 Å². The van der Waals surface area contributed by atoms with Gasteiger partial charge in [-0.1, -0.05) is 11.6 Å². The Balaban J connectivity index is 2.19. The molecule has 3 rings (SSSR count). The minimum Gasteiger partial charge on any atom is -0.427 e. The number of rotatable bonds is 1. The number of benzene rings is 1. The number of halogens is 5. The summed E-state index contributed by atoms with van der Waals surface area (Å²) in [5, 5.41) is 12.2. The number of hydrogen-bond acceptors (Lipinski definition) is 4. The third-order valence-corrected chi connectivity index (χ3v) is 3.37. The molecule has 0 unspecified atom stereocenters. The molecule has 0 radical (unpaired) electrons. The second-order valence-electron chi connectivity index (χ2n) is 4.47. The Bertz CT molecular complexity index is 827. The topological polar surface area (TPSA) is 76.9 Å². The highest BCUT2D eigenvalue weighted by Gasteiger charge is 2.66. The van der Waals surface area contributed by atoms with Crippen molar-refractivity contribution >= 4 is 17.4 Å². The van der Waals surface area contributed by atoms with E-state index in [0.29, 0.717) is 6.07 Å². The summed E-state index contributed by atoms with van der Waals surface area (Å²) in [5.41, 5.74) is 4.48. The Labute approximate surface area is 125 Å². The summed E-state index contributed by atoms with van der Waals surface area (Å²) in [6.07, 6.45) is -4.68. The van der Waals surface area contributed by atoms with Crippen LogP contribution in [0.15, 0.2) is 18.2 Å². The minimum absolute atomic E-state index is 0.0186. The molecule has 1 aliphatic heterocycles. The van der Waals surface area contributed by atoms with E-state index in [4.69, 9.17) is 22.6 Å². The van der Waals surface area contributed by atoms with E-state index in [1.165, 1.54) is 6.07 Å². The number of anilines is 1. The Morgan fingerprint density at radius 1 is 1.27 bits per heavy atom. The number of aromatic nitrogens is 2. The highest BCUT2D eigenvalue weighted by molar-refractivity contribution is 6.32. The van der Waals surface area contributed by atoms with Gasteiger partial charge < -0.3 is 10.5 Å². The van der Waals surface area contributed by atoms with E-state index in [9.17, 15) is 17.6 Å². The summed E-state index contributed by atoms with van der Waals surface area (Å²) < 4.78 is 58.5. The highest BCUT2D eigenvalue weighted by atomic mass is 35.5. The van der Waals surface area contributed by atoms with Crippen LogP contribution in [-0.2, 0) is 5.92 Å². The normalized spacial score (nSPS) is 17.6. The first-order chi connectivity index (χ1) is 10.2. The first-order valence-electron chi connectivity index (χ1n) is 5.72. The van der Waals surface area contributed by atoms with Gasteiger partial charge in [-0.05, 0) is 6.07 Å². The predicted molar refractivity (Wildman–Crippen MR) is 67.2 cm³/mol. The monoisotopic (exact) mass is 332 g/mol. The van der Waals surface area contributed by atoms with Gasteiger partial charge in [0.2, 0.25) is 0 Å². The Hall–Kier alpha value is -2.47. The molecule has 2 N–H and O–H groups in total. The van der Waals surface area contributed by atoms with Crippen molar-refractivity contribution in [3.63, 3.8) is 0 Å². The summed E-state index contributed by atoms with van der Waals surface area (Å²) in [6, 6.07) is 4.48. The van der Waals surface area contributed by atoms with Crippen LogP contribution in [0.3, 0.4) is 0 Å². The first kappa shape index (κ1) is 14.5. The maximum atomic E-state index is 13.5. The Kier molecular flexibility index (Phi) is 2.81. The minimum atomic E-state index is -4.68. The van der Waals surface area contributed by atoms with Crippen molar-refractivity contribution in [3.8, 4) is 17.5 Å². The van der Waals surface area contributed by atoms with Crippen molar-refractivity contribution < 1.29 is 22.3 Å². The lowest BCUT2D eigenvalue weighted by Gasteiger charge is -2.16. The van der Waals surface area contributed by atoms with Crippen molar-refractivity contribution in [2.24, 2.45) is 0 Å². The third-order valence-electron chi connectivity index (χ3n) is 3.07. The van der Waals surface area contributed by atoms with Gasteiger partial charge in [0.05, 0.1) is 16.3 Å². The molecule has 1 aromatic carbocycles. The molecule has 22 heavy (non-hydrogen) atoms. The van der Waals surface area contributed by atoms with E-state index in [2.05, 4.69) is 9.84 Å². The molecule has 1 aliphatic rings. The first-order valence-corrected chi connectivity index (χ1v) is 6.10. The van der Waals surface area contributed by atoms with Crippen LogP contribution in [0.25, 0.3) is 5.69 Å². The number of nitriles is 1. The zero-order chi connectivity index (χ0) is 16.3. The lowest BCUT2D eigenvalue weighted by atomic mass is 10.1. The number of ether oxygens (including phenoxy) is 1. The summed E-state index contributed by atoms with van der Waals surface area (Å²) in [5.74, 6) is -5.25. The van der Waals surface area contributed by atoms with Gasteiger partial charge in [0.1, 0.15) is 17.6 Å². The van der Waals surface area contributed by atoms with Crippen LogP contribution in [-0.4, -0.2) is 15.9 Å². The fourth-order valence-corrected chi connectivity index (χ4v) is 2.28. The van der Waals surface area contributed by atoms with Crippen LogP contribution in [0.4, 0.5) is 23.4 Å². The molecule has 1 aromatic heterocycles. The predicted octanol–water partition coefficient (Wildman–Crippen LogP) is 3.06. The summed E-state index contributed by atoms with van der Waals surface area (Å²) in [7, 11) is 0. The maximum absolute atomic E-state index is 13.5. The van der Waals surface area contributed by atoms with Crippen molar-refractivity contribution in [1.82, 2.24) is 9.78 Å². The smallest absolute Gasteiger partial charge is 0.427 e. The number of hydrogen-bond donors (Lipinski definition) is 1. The van der Waals surface area contributed by atoms with Crippen LogP contribution >= 0.6 is 11.6 Å². The van der Waals surface area contributed by atoms with Gasteiger partial charge in [-0.3, -0.25) is 0 Å². The molecule has 0 aliphatic carbocycles. The molecular formula is C12H5ClF4N4O. The number of nitrogens with two attached hydrogens (primary N) is 1. The van der Waals surface area contributed by atoms with Gasteiger partial charge in [0.25, 0.3) is 0 Å². The molecule has 114 valence electrons. The molecule has 0 bridgehead atoms. The van der Waals surface area contributed by atoms with Crippen molar-refractivity contribution in [1.29, 1.82) is 5.26 Å². The maximum Gasteiger partial charge on any atom is 0.469 e. The molecule has 10 heteroatoms. The van der Waals surface area contributed by atoms with E-state index >= 15 is 0 Å². The largest absolute Gasteiger partial charge is 0.469 e. The van der Waals surface area contributed by atoms with Crippen LogP contribution in [0.1, 0.15) is 11.3 Å². The summed E-state index contributed by atoms with van der Waals surface area (Å²) in [6.45, 7) is 0. The van der Waals surface area contributed by atoms with Gasteiger partial charge in [-0.2, -0.15) is 27.9 Å². The van der Waals surface area contributed by atoms with E-state index in [1.54, 1.807) is 6.07 Å². The molecule has 0 fully saturated rings. The van der Waals surface area contributed by atoms with Crippen LogP contribution in [0.5, 0.6) is 5.75 Å². The lowest BCUT2D eigenvalue weighted by molar-refractivity contribution is -0.296. The summed E-state index contributed by atoms with van der Waals surface area (Å²) >= 11 is 5.85. The van der Waals surface area contributed by atoms with E-state index in [1.807, 2.05) is 0 Å². The molecule has 0 atom stereocenters. The molecule has 0 spiro atoms. The van der Waals surface area contributed by atoms with Gasteiger partial charge in [-0.15, -0.1) is 0 Å². The number of nitrogen functional groups attached to an aromatic ring is 1. The van der Waals surface area contributed by atoms with Crippen molar-refractivity contribution in [2.75, 3.05) is 5.73 Å². The molecule has 5 nitrogen and oxygen atoms in total. The molecule has 2 heterocycles. The summed E-state index contributed by atoms with van der Waals surface area (Å²) in [4.78, 5) is 0. The van der Waals surface area contributed by atoms with Gasteiger partial charge in [0.15, 0.2) is 5.69 Å². The van der Waals surface area contributed by atoms with Gasteiger partial charge in [-0.25, -0.2) is 4.68 Å². The van der Waals surface area contributed by atoms with E-state index in [-0.39, 0.29) is 22.2 Å².